The normalized spacial score (nSPS) is 17.3. The lowest BCUT2D eigenvalue weighted by Crippen LogP contribution is -2.43. The molecule has 0 heterocycles. The lowest BCUT2D eigenvalue weighted by molar-refractivity contribution is 0.446. The fourth-order valence-electron chi connectivity index (χ4n) is 2.90. The number of rotatable bonds is 4. The zero-order valence-corrected chi connectivity index (χ0v) is 13.0. The highest BCUT2D eigenvalue weighted by molar-refractivity contribution is 7.92. The Bertz CT molecular complexity index is 576. The minimum absolute atomic E-state index is 0.187. The van der Waals surface area contributed by atoms with Crippen LogP contribution >= 0.6 is 0 Å². The third-order valence-electron chi connectivity index (χ3n) is 4.40. The van der Waals surface area contributed by atoms with Crippen molar-refractivity contribution in [3.63, 3.8) is 0 Å². The van der Waals surface area contributed by atoms with E-state index in [1.54, 1.807) is 13.8 Å². The van der Waals surface area contributed by atoms with Gasteiger partial charge in [-0.15, -0.1) is 0 Å². The number of hydrogen-bond acceptors (Lipinski definition) is 3. The standard InChI is InChI=1S/C15H23NO2S/c1-15(2,19(4,17)18)14(16-3)13-9-8-11-6-5-7-12(11)10-13/h8-10,14,16H,5-7H2,1-4H3. The molecule has 0 fully saturated rings. The van der Waals surface area contributed by atoms with Crippen LogP contribution in [0.3, 0.4) is 0 Å². The van der Waals surface area contributed by atoms with E-state index in [2.05, 4.69) is 23.5 Å². The second kappa shape index (κ2) is 4.91. The van der Waals surface area contributed by atoms with Gasteiger partial charge in [-0.25, -0.2) is 8.42 Å². The molecule has 0 radical (unpaired) electrons. The van der Waals surface area contributed by atoms with Crippen molar-refractivity contribution < 1.29 is 8.42 Å². The van der Waals surface area contributed by atoms with Crippen LogP contribution in [0, 0.1) is 0 Å². The molecule has 1 atom stereocenters. The average molecular weight is 281 g/mol. The third kappa shape index (κ3) is 2.56. The molecule has 4 heteroatoms. The lowest BCUT2D eigenvalue weighted by Gasteiger charge is -2.33. The fourth-order valence-corrected chi connectivity index (χ4v) is 3.58. The summed E-state index contributed by atoms with van der Waals surface area (Å²) in [5.74, 6) is 0. The molecule has 2 rings (SSSR count). The molecule has 1 N–H and O–H groups in total. The fraction of sp³-hybridized carbons (Fsp3) is 0.600. The SMILES string of the molecule is CNC(c1ccc2c(c1)CCC2)C(C)(C)S(C)(=O)=O. The van der Waals surface area contributed by atoms with Crippen molar-refractivity contribution in [1.29, 1.82) is 0 Å². The van der Waals surface area contributed by atoms with Crippen LogP contribution in [0.2, 0.25) is 0 Å². The van der Waals surface area contributed by atoms with Crippen LogP contribution in [0.25, 0.3) is 0 Å². The van der Waals surface area contributed by atoms with Crippen LogP contribution in [0.15, 0.2) is 18.2 Å². The maximum atomic E-state index is 12.0. The largest absolute Gasteiger partial charge is 0.312 e. The van der Waals surface area contributed by atoms with Gasteiger partial charge in [0.25, 0.3) is 0 Å². The van der Waals surface area contributed by atoms with E-state index in [1.165, 1.54) is 23.8 Å². The average Bonchev–Trinajstić information content (AvgIpc) is 2.75. The highest BCUT2D eigenvalue weighted by Crippen LogP contribution is 2.34. The summed E-state index contributed by atoms with van der Waals surface area (Å²) in [6.45, 7) is 3.58. The summed E-state index contributed by atoms with van der Waals surface area (Å²) in [6, 6.07) is 6.21. The number of nitrogens with one attached hydrogen (secondary N) is 1. The Labute approximate surface area is 116 Å². The first-order chi connectivity index (χ1) is 8.77. The Morgan fingerprint density at radius 3 is 2.42 bits per heavy atom. The first-order valence-electron chi connectivity index (χ1n) is 6.76. The molecule has 1 aliphatic rings. The highest BCUT2D eigenvalue weighted by Gasteiger charge is 2.39. The molecule has 0 saturated carbocycles. The molecule has 0 aliphatic heterocycles. The van der Waals surface area contributed by atoms with Gasteiger partial charge < -0.3 is 5.32 Å². The van der Waals surface area contributed by atoms with E-state index in [9.17, 15) is 8.42 Å². The monoisotopic (exact) mass is 281 g/mol. The maximum absolute atomic E-state index is 12.0. The van der Waals surface area contributed by atoms with Gasteiger partial charge in [0.2, 0.25) is 0 Å². The van der Waals surface area contributed by atoms with Gasteiger partial charge in [0.05, 0.1) is 10.8 Å². The highest BCUT2D eigenvalue weighted by atomic mass is 32.2. The third-order valence-corrected chi connectivity index (χ3v) is 6.54. The molecule has 1 aromatic rings. The van der Waals surface area contributed by atoms with Gasteiger partial charge in [-0.3, -0.25) is 0 Å². The Balaban J connectivity index is 2.43. The van der Waals surface area contributed by atoms with Crippen LogP contribution < -0.4 is 5.32 Å². The van der Waals surface area contributed by atoms with Gasteiger partial charge in [0.1, 0.15) is 0 Å². The number of sulfone groups is 1. The van der Waals surface area contributed by atoms with Crippen LogP contribution in [-0.4, -0.2) is 26.5 Å². The Morgan fingerprint density at radius 1 is 1.21 bits per heavy atom. The van der Waals surface area contributed by atoms with E-state index in [4.69, 9.17) is 0 Å². The van der Waals surface area contributed by atoms with Crippen LogP contribution in [0.5, 0.6) is 0 Å². The van der Waals surface area contributed by atoms with Gasteiger partial charge in [0, 0.05) is 6.26 Å². The Kier molecular flexibility index (Phi) is 3.76. The molecular weight excluding hydrogens is 258 g/mol. The van der Waals surface area contributed by atoms with E-state index in [0.29, 0.717) is 0 Å². The van der Waals surface area contributed by atoms with E-state index < -0.39 is 14.6 Å². The van der Waals surface area contributed by atoms with E-state index in [1.807, 2.05) is 7.05 Å². The maximum Gasteiger partial charge on any atom is 0.154 e. The van der Waals surface area contributed by atoms with Gasteiger partial charge in [-0.1, -0.05) is 18.2 Å². The molecule has 3 nitrogen and oxygen atoms in total. The first kappa shape index (κ1) is 14.5. The summed E-state index contributed by atoms with van der Waals surface area (Å²) in [6.07, 6.45) is 4.78. The first-order valence-corrected chi connectivity index (χ1v) is 8.65. The zero-order valence-electron chi connectivity index (χ0n) is 12.2. The van der Waals surface area contributed by atoms with Crippen molar-refractivity contribution in [2.75, 3.05) is 13.3 Å². The van der Waals surface area contributed by atoms with E-state index in [-0.39, 0.29) is 6.04 Å². The van der Waals surface area contributed by atoms with Crippen LogP contribution in [0.4, 0.5) is 0 Å². The summed E-state index contributed by atoms with van der Waals surface area (Å²) in [4.78, 5) is 0. The number of hydrogen-bond donors (Lipinski definition) is 1. The Hall–Kier alpha value is -0.870. The smallest absolute Gasteiger partial charge is 0.154 e. The summed E-state index contributed by atoms with van der Waals surface area (Å²) < 4.78 is 23.2. The molecule has 0 amide bonds. The quantitative estimate of drug-likeness (QED) is 0.921. The minimum atomic E-state index is -3.14. The predicted octanol–water partition coefficient (Wildman–Crippen LogP) is 2.26. The summed E-state index contributed by atoms with van der Waals surface area (Å²) >= 11 is 0. The van der Waals surface area contributed by atoms with Crippen molar-refractivity contribution in [3.8, 4) is 0 Å². The molecule has 19 heavy (non-hydrogen) atoms. The molecule has 0 saturated heterocycles. The molecule has 0 aromatic heterocycles. The van der Waals surface area contributed by atoms with Gasteiger partial charge in [-0.05, 0) is 56.8 Å². The predicted molar refractivity (Wildman–Crippen MR) is 79.2 cm³/mol. The summed E-state index contributed by atoms with van der Waals surface area (Å²) in [7, 11) is -1.31. The minimum Gasteiger partial charge on any atom is -0.312 e. The number of benzene rings is 1. The summed E-state index contributed by atoms with van der Waals surface area (Å²) in [5.41, 5.74) is 3.86. The number of fused-ring (bicyclic) bond motifs is 1. The topological polar surface area (TPSA) is 46.2 Å². The van der Waals surface area contributed by atoms with Crippen LogP contribution in [-0.2, 0) is 22.7 Å². The van der Waals surface area contributed by atoms with Crippen molar-refractivity contribution in [1.82, 2.24) is 5.32 Å². The molecule has 1 aliphatic carbocycles. The molecule has 0 spiro atoms. The van der Waals surface area contributed by atoms with Crippen molar-refractivity contribution in [3.05, 3.63) is 34.9 Å². The zero-order chi connectivity index (χ0) is 14.3. The van der Waals surface area contributed by atoms with Crippen molar-refractivity contribution in [2.24, 2.45) is 0 Å². The van der Waals surface area contributed by atoms with Gasteiger partial charge in [-0.2, -0.15) is 0 Å². The Morgan fingerprint density at radius 2 is 1.84 bits per heavy atom. The van der Waals surface area contributed by atoms with Gasteiger partial charge in [0.15, 0.2) is 9.84 Å². The molecule has 0 bridgehead atoms. The van der Waals surface area contributed by atoms with Crippen molar-refractivity contribution >= 4 is 9.84 Å². The number of aryl methyl sites for hydroxylation is 2. The second-order valence-corrected chi connectivity index (χ2v) is 8.58. The summed E-state index contributed by atoms with van der Waals surface area (Å²) in [5, 5.41) is 3.18. The van der Waals surface area contributed by atoms with E-state index >= 15 is 0 Å². The molecule has 1 aromatic carbocycles. The van der Waals surface area contributed by atoms with Crippen molar-refractivity contribution in [2.45, 2.75) is 43.9 Å². The molecule has 1 unspecified atom stereocenters. The second-order valence-electron chi connectivity index (χ2n) is 5.98. The molecule has 106 valence electrons. The van der Waals surface area contributed by atoms with Gasteiger partial charge >= 0.3 is 0 Å². The lowest BCUT2D eigenvalue weighted by atomic mass is 9.93. The van der Waals surface area contributed by atoms with Crippen LogP contribution in [0.1, 0.15) is 43.0 Å². The molecular formula is C15H23NO2S. The van der Waals surface area contributed by atoms with E-state index in [0.717, 1.165) is 18.4 Å².